The van der Waals surface area contributed by atoms with E-state index in [0.29, 0.717) is 12.4 Å². The van der Waals surface area contributed by atoms with Crippen LogP contribution >= 0.6 is 0 Å². The number of aromatic amines is 1. The molecule has 0 saturated heterocycles. The third-order valence-electron chi connectivity index (χ3n) is 1.14. The van der Waals surface area contributed by atoms with Gasteiger partial charge in [-0.25, -0.2) is 9.78 Å². The van der Waals surface area contributed by atoms with Gasteiger partial charge in [-0.15, -0.1) is 0 Å². The smallest absolute Gasteiger partial charge is 0.407 e. The van der Waals surface area contributed by atoms with Gasteiger partial charge in [0.25, 0.3) is 0 Å². The Bertz CT molecular complexity index is 220. The summed E-state index contributed by atoms with van der Waals surface area (Å²) in [7, 11) is 1.32. The van der Waals surface area contributed by atoms with E-state index in [-0.39, 0.29) is 0 Å². The number of hydrogen-bond acceptors (Lipinski definition) is 3. The molecule has 0 aliphatic rings. The van der Waals surface area contributed by atoms with E-state index in [4.69, 9.17) is 0 Å². The number of hydrogen-bond donors (Lipinski definition) is 2. The summed E-state index contributed by atoms with van der Waals surface area (Å²) in [5, 5.41) is 2.48. The third kappa shape index (κ3) is 2.29. The molecule has 1 amide bonds. The maximum absolute atomic E-state index is 10.5. The van der Waals surface area contributed by atoms with Gasteiger partial charge in [0.2, 0.25) is 0 Å². The van der Waals surface area contributed by atoms with E-state index in [1.165, 1.54) is 7.11 Å². The molecule has 0 fully saturated rings. The van der Waals surface area contributed by atoms with Crippen molar-refractivity contribution in [2.75, 3.05) is 7.11 Å². The SMILES string of the molecule is COC(=O)NCc1ncc[nH]1. The van der Waals surface area contributed by atoms with E-state index in [1.54, 1.807) is 12.4 Å². The Morgan fingerprint density at radius 3 is 3.27 bits per heavy atom. The Kier molecular flexibility index (Phi) is 2.48. The van der Waals surface area contributed by atoms with Crippen molar-refractivity contribution < 1.29 is 9.53 Å². The summed E-state index contributed by atoms with van der Waals surface area (Å²) >= 11 is 0. The number of ether oxygens (including phenoxy) is 1. The first-order chi connectivity index (χ1) is 5.33. The van der Waals surface area contributed by atoms with Crippen LogP contribution in [0.5, 0.6) is 0 Å². The van der Waals surface area contributed by atoms with Crippen molar-refractivity contribution in [1.82, 2.24) is 15.3 Å². The van der Waals surface area contributed by atoms with Crippen LogP contribution in [0.15, 0.2) is 12.4 Å². The van der Waals surface area contributed by atoms with Crippen molar-refractivity contribution in [3.05, 3.63) is 18.2 Å². The molecule has 5 nitrogen and oxygen atoms in total. The van der Waals surface area contributed by atoms with Gasteiger partial charge in [0.1, 0.15) is 5.82 Å². The van der Waals surface area contributed by atoms with Gasteiger partial charge in [-0.3, -0.25) is 0 Å². The number of alkyl carbamates (subject to hydrolysis) is 1. The number of aromatic nitrogens is 2. The quantitative estimate of drug-likeness (QED) is 0.644. The van der Waals surface area contributed by atoms with Crippen LogP contribution in [0.4, 0.5) is 4.79 Å². The van der Waals surface area contributed by atoms with Crippen LogP contribution in [0.3, 0.4) is 0 Å². The highest BCUT2D eigenvalue weighted by Crippen LogP contribution is 1.86. The molecule has 0 aliphatic carbocycles. The largest absolute Gasteiger partial charge is 0.453 e. The predicted molar refractivity (Wildman–Crippen MR) is 37.8 cm³/mol. The average Bonchev–Trinajstić information content (AvgIpc) is 2.52. The maximum Gasteiger partial charge on any atom is 0.407 e. The van der Waals surface area contributed by atoms with Gasteiger partial charge in [0.15, 0.2) is 0 Å². The van der Waals surface area contributed by atoms with Crippen LogP contribution < -0.4 is 5.32 Å². The fourth-order valence-corrected chi connectivity index (χ4v) is 0.623. The van der Waals surface area contributed by atoms with Crippen molar-refractivity contribution in [3.63, 3.8) is 0 Å². The van der Waals surface area contributed by atoms with E-state index in [1.807, 2.05) is 0 Å². The standard InChI is InChI=1S/C6H9N3O2/c1-11-6(10)9-4-5-7-2-3-8-5/h2-3H,4H2,1H3,(H,7,8)(H,9,10). The highest BCUT2D eigenvalue weighted by molar-refractivity contribution is 5.66. The predicted octanol–water partition coefficient (Wildman–Crippen LogP) is 0.266. The van der Waals surface area contributed by atoms with Gasteiger partial charge in [0.05, 0.1) is 13.7 Å². The summed E-state index contributed by atoms with van der Waals surface area (Å²) in [6.07, 6.45) is 2.85. The summed E-state index contributed by atoms with van der Waals surface area (Å²) in [5.41, 5.74) is 0. The zero-order valence-electron chi connectivity index (χ0n) is 6.13. The Hall–Kier alpha value is -1.52. The van der Waals surface area contributed by atoms with Gasteiger partial charge in [0, 0.05) is 12.4 Å². The second-order valence-electron chi connectivity index (χ2n) is 1.88. The molecule has 2 N–H and O–H groups in total. The first-order valence-corrected chi connectivity index (χ1v) is 3.13. The summed E-state index contributed by atoms with van der Waals surface area (Å²) in [6.45, 7) is 0.361. The van der Waals surface area contributed by atoms with Gasteiger partial charge in [-0.2, -0.15) is 0 Å². The molecule has 0 bridgehead atoms. The number of H-pyrrole nitrogens is 1. The minimum absolute atomic E-state index is 0.361. The summed E-state index contributed by atoms with van der Waals surface area (Å²) < 4.78 is 4.36. The number of nitrogens with one attached hydrogen (secondary N) is 2. The minimum atomic E-state index is -0.457. The Morgan fingerprint density at radius 2 is 2.73 bits per heavy atom. The third-order valence-corrected chi connectivity index (χ3v) is 1.14. The zero-order valence-corrected chi connectivity index (χ0v) is 6.13. The van der Waals surface area contributed by atoms with E-state index in [9.17, 15) is 4.79 Å². The second-order valence-corrected chi connectivity index (χ2v) is 1.88. The van der Waals surface area contributed by atoms with Crippen molar-refractivity contribution in [1.29, 1.82) is 0 Å². The molecule has 0 unspecified atom stereocenters. The van der Waals surface area contributed by atoms with Crippen LogP contribution in [0.2, 0.25) is 0 Å². The number of carbonyl (C=O) groups excluding carboxylic acids is 1. The van der Waals surface area contributed by atoms with E-state index in [2.05, 4.69) is 20.0 Å². The van der Waals surface area contributed by atoms with Crippen molar-refractivity contribution >= 4 is 6.09 Å². The number of carbonyl (C=O) groups is 1. The van der Waals surface area contributed by atoms with Crippen molar-refractivity contribution in [2.24, 2.45) is 0 Å². The number of imidazole rings is 1. The summed E-state index contributed by atoms with van der Waals surface area (Å²) in [4.78, 5) is 17.3. The number of amides is 1. The van der Waals surface area contributed by atoms with Crippen LogP contribution in [0, 0.1) is 0 Å². The molecule has 1 heterocycles. The molecule has 0 saturated carbocycles. The number of nitrogens with zero attached hydrogens (tertiary/aromatic N) is 1. The molecule has 60 valence electrons. The van der Waals surface area contributed by atoms with Crippen LogP contribution in [0.1, 0.15) is 5.82 Å². The lowest BCUT2D eigenvalue weighted by atomic mass is 10.6. The lowest BCUT2D eigenvalue weighted by Gasteiger charge is -1.99. The molecular formula is C6H9N3O2. The summed E-state index contributed by atoms with van der Waals surface area (Å²) in [6, 6.07) is 0. The monoisotopic (exact) mass is 155 g/mol. The van der Waals surface area contributed by atoms with Crippen molar-refractivity contribution in [2.45, 2.75) is 6.54 Å². The lowest BCUT2D eigenvalue weighted by molar-refractivity contribution is 0.170. The first kappa shape index (κ1) is 7.59. The zero-order chi connectivity index (χ0) is 8.10. The van der Waals surface area contributed by atoms with Crippen LogP contribution in [-0.2, 0) is 11.3 Å². The Morgan fingerprint density at radius 1 is 1.91 bits per heavy atom. The Labute approximate surface area is 63.8 Å². The highest BCUT2D eigenvalue weighted by Gasteiger charge is 1.98. The molecule has 0 spiro atoms. The fraction of sp³-hybridized carbons (Fsp3) is 0.333. The van der Waals surface area contributed by atoms with Gasteiger partial charge < -0.3 is 15.0 Å². The summed E-state index contributed by atoms with van der Waals surface area (Å²) in [5.74, 6) is 0.704. The van der Waals surface area contributed by atoms with Gasteiger partial charge in [-0.05, 0) is 0 Å². The molecule has 0 aliphatic heterocycles. The molecule has 0 aromatic carbocycles. The van der Waals surface area contributed by atoms with Crippen molar-refractivity contribution in [3.8, 4) is 0 Å². The topological polar surface area (TPSA) is 67.0 Å². The lowest BCUT2D eigenvalue weighted by Crippen LogP contribution is -2.22. The minimum Gasteiger partial charge on any atom is -0.453 e. The van der Waals surface area contributed by atoms with Gasteiger partial charge in [-0.1, -0.05) is 0 Å². The molecule has 0 radical (unpaired) electrons. The number of rotatable bonds is 2. The number of methoxy groups -OCH3 is 1. The van der Waals surface area contributed by atoms with Gasteiger partial charge >= 0.3 is 6.09 Å². The van der Waals surface area contributed by atoms with Crippen LogP contribution in [0.25, 0.3) is 0 Å². The maximum atomic E-state index is 10.5. The average molecular weight is 155 g/mol. The molecule has 1 rings (SSSR count). The first-order valence-electron chi connectivity index (χ1n) is 3.13. The van der Waals surface area contributed by atoms with Crippen LogP contribution in [-0.4, -0.2) is 23.2 Å². The fourth-order valence-electron chi connectivity index (χ4n) is 0.623. The highest BCUT2D eigenvalue weighted by atomic mass is 16.5. The van der Waals surface area contributed by atoms with E-state index in [0.717, 1.165) is 0 Å². The second kappa shape index (κ2) is 3.60. The molecule has 5 heteroatoms. The Balaban J connectivity index is 2.29. The molecule has 1 aromatic heterocycles. The normalized spacial score (nSPS) is 9.18. The molecule has 11 heavy (non-hydrogen) atoms. The molecule has 1 aromatic rings. The van der Waals surface area contributed by atoms with E-state index < -0.39 is 6.09 Å². The van der Waals surface area contributed by atoms with E-state index >= 15 is 0 Å². The molecule has 0 atom stereocenters. The molecular weight excluding hydrogens is 146 g/mol.